The summed E-state index contributed by atoms with van der Waals surface area (Å²) in [7, 11) is -3.34. The zero-order chi connectivity index (χ0) is 26.0. The maximum absolute atomic E-state index is 15.6. The van der Waals surface area contributed by atoms with Gasteiger partial charge in [0.2, 0.25) is 0 Å². The molecule has 39 heavy (non-hydrogen) atoms. The van der Waals surface area contributed by atoms with Crippen molar-refractivity contribution in [2.24, 2.45) is 0 Å². The number of hydrogen-bond acceptors (Lipinski definition) is 3. The standard InChI is InChI=1S/C34H22N3OP/c38-39(26-11-8-20-35-22-26,25-19-18-23-9-1-2-10-24(23)21-25)32-17-7-16-31-33(32)36-34-29-14-4-3-12-27(29)28-13-5-6-15-30(28)37(31)34/h1-22H. The third kappa shape index (κ3) is 3.16. The minimum Gasteiger partial charge on any atom is -0.308 e. The summed E-state index contributed by atoms with van der Waals surface area (Å²) in [5.41, 5.74) is 3.63. The first-order valence-electron chi connectivity index (χ1n) is 12.9. The number of benzene rings is 5. The molecule has 5 aromatic carbocycles. The van der Waals surface area contributed by atoms with Gasteiger partial charge in [0.25, 0.3) is 0 Å². The van der Waals surface area contributed by atoms with Crippen molar-refractivity contribution in [2.75, 3.05) is 0 Å². The number of para-hydroxylation sites is 2. The normalized spacial score (nSPS) is 13.4. The van der Waals surface area contributed by atoms with Crippen molar-refractivity contribution in [1.82, 2.24) is 14.4 Å². The van der Waals surface area contributed by atoms with E-state index < -0.39 is 7.14 Å². The van der Waals surface area contributed by atoms with E-state index in [9.17, 15) is 0 Å². The highest BCUT2D eigenvalue weighted by atomic mass is 31.2. The van der Waals surface area contributed by atoms with Gasteiger partial charge in [-0.3, -0.25) is 9.38 Å². The highest BCUT2D eigenvalue weighted by Crippen LogP contribution is 2.45. The van der Waals surface area contributed by atoms with Crippen molar-refractivity contribution < 1.29 is 4.57 Å². The minimum absolute atomic E-state index is 0.694. The van der Waals surface area contributed by atoms with Gasteiger partial charge in [0.1, 0.15) is 11.2 Å². The number of hydrogen-bond donors (Lipinski definition) is 0. The predicted octanol–water partition coefficient (Wildman–Crippen LogP) is 6.98. The molecule has 0 aliphatic carbocycles. The number of rotatable bonds is 3. The first-order chi connectivity index (χ1) is 19.2. The van der Waals surface area contributed by atoms with E-state index >= 15 is 4.57 Å². The fourth-order valence-electron chi connectivity index (χ4n) is 5.91. The SMILES string of the molecule is O=P(c1cccnc1)(c1ccc2ccccc2c1)c1cccc2c1nc1c3ccccc3c3ccccc3n21. The van der Waals surface area contributed by atoms with Crippen molar-refractivity contribution in [3.63, 3.8) is 0 Å². The minimum atomic E-state index is -3.34. The number of nitrogens with zero attached hydrogens (tertiary/aromatic N) is 3. The number of aromatic nitrogens is 3. The van der Waals surface area contributed by atoms with Gasteiger partial charge in [-0.2, -0.15) is 0 Å². The molecule has 0 saturated carbocycles. The van der Waals surface area contributed by atoms with Crippen LogP contribution in [-0.2, 0) is 4.57 Å². The quantitative estimate of drug-likeness (QED) is 0.187. The molecule has 4 nitrogen and oxygen atoms in total. The molecular formula is C34H22N3OP. The van der Waals surface area contributed by atoms with Crippen LogP contribution in [0.5, 0.6) is 0 Å². The first-order valence-corrected chi connectivity index (χ1v) is 14.7. The predicted molar refractivity (Wildman–Crippen MR) is 162 cm³/mol. The summed E-state index contributed by atoms with van der Waals surface area (Å²) in [5.74, 6) is 0. The van der Waals surface area contributed by atoms with Crippen LogP contribution in [0.25, 0.3) is 49.1 Å². The van der Waals surface area contributed by atoms with Gasteiger partial charge in [0.05, 0.1) is 11.0 Å². The lowest BCUT2D eigenvalue weighted by atomic mass is 10.1. The van der Waals surface area contributed by atoms with Crippen LogP contribution in [0.1, 0.15) is 0 Å². The molecule has 0 bridgehead atoms. The van der Waals surface area contributed by atoms with Gasteiger partial charge in [-0.1, -0.05) is 84.9 Å². The lowest BCUT2D eigenvalue weighted by Crippen LogP contribution is -2.26. The van der Waals surface area contributed by atoms with Crippen molar-refractivity contribution in [3.05, 3.63) is 134 Å². The molecule has 184 valence electrons. The monoisotopic (exact) mass is 519 g/mol. The Morgan fingerprint density at radius 2 is 1.33 bits per heavy atom. The molecule has 1 unspecified atom stereocenters. The van der Waals surface area contributed by atoms with Gasteiger partial charge >= 0.3 is 0 Å². The second-order valence-electron chi connectivity index (χ2n) is 9.83. The Morgan fingerprint density at radius 1 is 0.590 bits per heavy atom. The van der Waals surface area contributed by atoms with Gasteiger partial charge in [0.15, 0.2) is 7.14 Å². The smallest absolute Gasteiger partial charge is 0.174 e. The maximum atomic E-state index is 15.6. The lowest BCUT2D eigenvalue weighted by Gasteiger charge is -2.20. The van der Waals surface area contributed by atoms with Crippen molar-refractivity contribution in [1.29, 1.82) is 0 Å². The fourth-order valence-corrected chi connectivity index (χ4v) is 8.66. The molecule has 0 aliphatic rings. The largest absolute Gasteiger partial charge is 0.308 e. The van der Waals surface area contributed by atoms with E-state index in [0.29, 0.717) is 5.30 Å². The van der Waals surface area contributed by atoms with E-state index in [1.54, 1.807) is 12.4 Å². The van der Waals surface area contributed by atoms with Crippen molar-refractivity contribution in [2.45, 2.75) is 0 Å². The Kier molecular flexibility index (Phi) is 4.76. The summed E-state index contributed by atoms with van der Waals surface area (Å²) in [6.45, 7) is 0. The summed E-state index contributed by atoms with van der Waals surface area (Å²) in [6, 6.07) is 40.9. The molecule has 0 saturated heterocycles. The topological polar surface area (TPSA) is 47.3 Å². The molecule has 0 spiro atoms. The molecule has 0 radical (unpaired) electrons. The van der Waals surface area contributed by atoms with E-state index in [1.807, 2.05) is 48.5 Å². The average molecular weight is 520 g/mol. The summed E-state index contributed by atoms with van der Waals surface area (Å²) in [5, 5.41) is 7.74. The van der Waals surface area contributed by atoms with E-state index in [2.05, 4.69) is 82.2 Å². The molecule has 5 heteroatoms. The molecular weight excluding hydrogens is 497 g/mol. The van der Waals surface area contributed by atoms with Crippen LogP contribution in [0.3, 0.4) is 0 Å². The highest BCUT2D eigenvalue weighted by Gasteiger charge is 2.33. The van der Waals surface area contributed by atoms with Gasteiger partial charge in [-0.15, -0.1) is 0 Å². The van der Waals surface area contributed by atoms with Crippen LogP contribution in [0.2, 0.25) is 0 Å². The Balaban J connectivity index is 1.53. The van der Waals surface area contributed by atoms with Gasteiger partial charge in [-0.25, -0.2) is 4.98 Å². The van der Waals surface area contributed by atoms with E-state index in [1.165, 1.54) is 0 Å². The number of pyridine rings is 2. The molecule has 0 N–H and O–H groups in total. The van der Waals surface area contributed by atoms with E-state index in [-0.39, 0.29) is 0 Å². The van der Waals surface area contributed by atoms with E-state index in [0.717, 1.165) is 59.7 Å². The van der Waals surface area contributed by atoms with Crippen LogP contribution in [0.15, 0.2) is 134 Å². The number of imidazole rings is 1. The highest BCUT2D eigenvalue weighted by molar-refractivity contribution is 7.85. The zero-order valence-electron chi connectivity index (χ0n) is 20.9. The van der Waals surface area contributed by atoms with Crippen molar-refractivity contribution in [3.8, 4) is 0 Å². The van der Waals surface area contributed by atoms with Crippen LogP contribution >= 0.6 is 7.14 Å². The average Bonchev–Trinajstić information content (AvgIpc) is 3.41. The summed E-state index contributed by atoms with van der Waals surface area (Å²) in [6.07, 6.45) is 3.45. The summed E-state index contributed by atoms with van der Waals surface area (Å²) < 4.78 is 17.8. The molecule has 8 aromatic rings. The zero-order valence-corrected chi connectivity index (χ0v) is 21.8. The van der Waals surface area contributed by atoms with Crippen LogP contribution in [0.4, 0.5) is 0 Å². The molecule has 8 rings (SSSR count). The van der Waals surface area contributed by atoms with Gasteiger partial charge < -0.3 is 4.57 Å². The molecule has 3 heterocycles. The van der Waals surface area contributed by atoms with Crippen LogP contribution in [0, 0.1) is 0 Å². The summed E-state index contributed by atoms with van der Waals surface area (Å²) in [4.78, 5) is 9.61. The lowest BCUT2D eigenvalue weighted by molar-refractivity contribution is 0.592. The second kappa shape index (κ2) is 8.36. The molecule has 3 aromatic heterocycles. The summed E-state index contributed by atoms with van der Waals surface area (Å²) >= 11 is 0. The molecule has 0 aliphatic heterocycles. The van der Waals surface area contributed by atoms with E-state index in [4.69, 9.17) is 4.98 Å². The number of fused-ring (bicyclic) bond motifs is 9. The van der Waals surface area contributed by atoms with Crippen LogP contribution < -0.4 is 15.9 Å². The third-order valence-electron chi connectivity index (χ3n) is 7.71. The fraction of sp³-hybridized carbons (Fsp3) is 0. The Labute approximate surface area is 224 Å². The Hall–Kier alpha value is -4.79. The van der Waals surface area contributed by atoms with Crippen molar-refractivity contribution >= 4 is 72.2 Å². The van der Waals surface area contributed by atoms with Crippen LogP contribution in [-0.4, -0.2) is 14.4 Å². The Morgan fingerprint density at radius 3 is 2.18 bits per heavy atom. The molecule has 0 amide bonds. The first kappa shape index (κ1) is 22.2. The molecule has 1 atom stereocenters. The third-order valence-corrected chi connectivity index (χ3v) is 10.7. The maximum Gasteiger partial charge on any atom is 0.174 e. The van der Waals surface area contributed by atoms with Gasteiger partial charge in [-0.05, 0) is 52.6 Å². The molecule has 0 fully saturated rings. The van der Waals surface area contributed by atoms with Gasteiger partial charge in [0, 0.05) is 39.1 Å². The Bertz CT molecular complexity index is 2270. The second-order valence-corrected chi connectivity index (χ2v) is 12.6.